The molecular formula is C13H17ClO2. The van der Waals surface area contributed by atoms with Gasteiger partial charge in [0.1, 0.15) is 0 Å². The third-order valence-electron chi connectivity index (χ3n) is 3.03. The average Bonchev–Trinajstić information content (AvgIpc) is 2.32. The number of rotatable bonds is 3. The number of alkyl halides is 1. The summed E-state index contributed by atoms with van der Waals surface area (Å²) in [4.78, 5) is 0. The molecule has 0 saturated heterocycles. The summed E-state index contributed by atoms with van der Waals surface area (Å²) in [7, 11) is 0. The van der Waals surface area contributed by atoms with Crippen LogP contribution in [0.2, 0.25) is 0 Å². The lowest BCUT2D eigenvalue weighted by molar-refractivity contribution is -0.0641. The maximum Gasteiger partial charge on any atom is 0.0965 e. The lowest BCUT2D eigenvalue weighted by atomic mass is 9.94. The van der Waals surface area contributed by atoms with Gasteiger partial charge in [0.05, 0.1) is 24.2 Å². The van der Waals surface area contributed by atoms with Crippen molar-refractivity contribution in [3.05, 3.63) is 35.9 Å². The zero-order chi connectivity index (χ0) is 11.4. The van der Waals surface area contributed by atoms with Crippen LogP contribution in [0.15, 0.2) is 30.3 Å². The Morgan fingerprint density at radius 2 is 2.00 bits per heavy atom. The molecule has 1 N–H and O–H groups in total. The van der Waals surface area contributed by atoms with Gasteiger partial charge in [-0.3, -0.25) is 0 Å². The highest BCUT2D eigenvalue weighted by Gasteiger charge is 2.30. The van der Waals surface area contributed by atoms with Gasteiger partial charge >= 0.3 is 0 Å². The van der Waals surface area contributed by atoms with Crippen molar-refractivity contribution < 1.29 is 9.84 Å². The summed E-state index contributed by atoms with van der Waals surface area (Å²) in [6, 6.07) is 10.00. The van der Waals surface area contributed by atoms with Crippen LogP contribution in [0, 0.1) is 0 Å². The first-order chi connectivity index (χ1) is 7.77. The Labute approximate surface area is 101 Å². The van der Waals surface area contributed by atoms with Gasteiger partial charge in [0, 0.05) is 0 Å². The second kappa shape index (κ2) is 5.67. The number of aliphatic hydroxyl groups is 1. The van der Waals surface area contributed by atoms with Crippen molar-refractivity contribution in [2.24, 2.45) is 0 Å². The number of benzene rings is 1. The smallest absolute Gasteiger partial charge is 0.0965 e. The van der Waals surface area contributed by atoms with E-state index in [0.29, 0.717) is 6.61 Å². The first-order valence-electron chi connectivity index (χ1n) is 5.75. The van der Waals surface area contributed by atoms with E-state index in [1.165, 1.54) is 0 Å². The number of halogens is 1. The van der Waals surface area contributed by atoms with Crippen LogP contribution in [0.5, 0.6) is 0 Å². The quantitative estimate of drug-likeness (QED) is 0.824. The highest BCUT2D eigenvalue weighted by Crippen LogP contribution is 2.26. The fourth-order valence-corrected chi connectivity index (χ4v) is 2.36. The summed E-state index contributed by atoms with van der Waals surface area (Å²) < 4.78 is 5.72. The van der Waals surface area contributed by atoms with Gasteiger partial charge in [0.2, 0.25) is 0 Å². The summed E-state index contributed by atoms with van der Waals surface area (Å²) in [5, 5.41) is 9.70. The van der Waals surface area contributed by atoms with Crippen molar-refractivity contribution in [1.29, 1.82) is 0 Å². The van der Waals surface area contributed by atoms with Crippen LogP contribution in [0.1, 0.15) is 24.8 Å². The van der Waals surface area contributed by atoms with Gasteiger partial charge in [-0.2, -0.15) is 0 Å². The maximum absolute atomic E-state index is 9.86. The third kappa shape index (κ3) is 2.97. The van der Waals surface area contributed by atoms with Crippen molar-refractivity contribution in [3.8, 4) is 0 Å². The normalized spacial score (nSPS) is 30.2. The lowest BCUT2D eigenvalue weighted by Crippen LogP contribution is -2.39. The van der Waals surface area contributed by atoms with Crippen molar-refractivity contribution in [1.82, 2.24) is 0 Å². The largest absolute Gasteiger partial charge is 0.389 e. The topological polar surface area (TPSA) is 29.5 Å². The van der Waals surface area contributed by atoms with Crippen LogP contribution in [0.25, 0.3) is 0 Å². The summed E-state index contributed by atoms with van der Waals surface area (Å²) in [5.74, 6) is 0. The highest BCUT2D eigenvalue weighted by molar-refractivity contribution is 6.21. The molecule has 1 saturated carbocycles. The molecule has 0 heterocycles. The molecule has 1 aromatic rings. The summed E-state index contributed by atoms with van der Waals surface area (Å²) >= 11 is 6.01. The van der Waals surface area contributed by atoms with Gasteiger partial charge in [-0.05, 0) is 24.8 Å². The summed E-state index contributed by atoms with van der Waals surface area (Å²) in [6.45, 7) is 0.548. The van der Waals surface area contributed by atoms with Crippen LogP contribution in [0.4, 0.5) is 0 Å². The molecule has 88 valence electrons. The maximum atomic E-state index is 9.86. The standard InChI is InChI=1S/C13H17ClO2/c14-11-7-4-8-12(13(11)15)16-9-10-5-2-1-3-6-10/h1-3,5-6,11-13,15H,4,7-9H2/t11-,12+,13-/m1/s1. The van der Waals surface area contributed by atoms with E-state index >= 15 is 0 Å². The van der Waals surface area contributed by atoms with Crippen LogP contribution in [0.3, 0.4) is 0 Å². The average molecular weight is 241 g/mol. The second-order valence-electron chi connectivity index (χ2n) is 4.27. The Bertz CT molecular complexity index is 315. The van der Waals surface area contributed by atoms with Crippen molar-refractivity contribution in [2.45, 2.75) is 43.5 Å². The van der Waals surface area contributed by atoms with Gasteiger partial charge in [-0.25, -0.2) is 0 Å². The minimum atomic E-state index is -0.529. The highest BCUT2D eigenvalue weighted by atomic mass is 35.5. The van der Waals surface area contributed by atoms with Gasteiger partial charge in [-0.15, -0.1) is 11.6 Å². The molecule has 1 aliphatic rings. The zero-order valence-electron chi connectivity index (χ0n) is 9.18. The molecule has 0 unspecified atom stereocenters. The Kier molecular flexibility index (Phi) is 4.22. The summed E-state index contributed by atoms with van der Waals surface area (Å²) in [6.07, 6.45) is 2.17. The van der Waals surface area contributed by atoms with E-state index in [1.807, 2.05) is 30.3 Å². The van der Waals surface area contributed by atoms with Crippen LogP contribution in [-0.2, 0) is 11.3 Å². The molecular weight excluding hydrogens is 224 g/mol. The molecule has 2 nitrogen and oxygen atoms in total. The molecule has 1 aliphatic carbocycles. The van der Waals surface area contributed by atoms with E-state index in [9.17, 15) is 5.11 Å². The Morgan fingerprint density at radius 1 is 1.25 bits per heavy atom. The number of ether oxygens (including phenoxy) is 1. The molecule has 0 spiro atoms. The number of hydrogen-bond acceptors (Lipinski definition) is 2. The fourth-order valence-electron chi connectivity index (χ4n) is 2.05. The predicted molar refractivity (Wildman–Crippen MR) is 64.5 cm³/mol. The Balaban J connectivity index is 1.85. The van der Waals surface area contributed by atoms with Crippen molar-refractivity contribution in [2.75, 3.05) is 0 Å². The molecule has 0 amide bonds. The van der Waals surface area contributed by atoms with Crippen LogP contribution < -0.4 is 0 Å². The first-order valence-corrected chi connectivity index (χ1v) is 6.18. The van der Waals surface area contributed by atoms with E-state index in [4.69, 9.17) is 16.3 Å². The minimum absolute atomic E-state index is 0.114. The van der Waals surface area contributed by atoms with Gasteiger partial charge in [0.15, 0.2) is 0 Å². The van der Waals surface area contributed by atoms with E-state index in [-0.39, 0.29) is 11.5 Å². The summed E-state index contributed by atoms with van der Waals surface area (Å²) in [5.41, 5.74) is 1.13. The Morgan fingerprint density at radius 3 is 2.75 bits per heavy atom. The molecule has 16 heavy (non-hydrogen) atoms. The van der Waals surface area contributed by atoms with Crippen molar-refractivity contribution in [3.63, 3.8) is 0 Å². The van der Waals surface area contributed by atoms with Crippen LogP contribution in [-0.4, -0.2) is 22.7 Å². The van der Waals surface area contributed by atoms with Gasteiger partial charge in [0.25, 0.3) is 0 Å². The molecule has 1 aromatic carbocycles. The molecule has 0 aromatic heterocycles. The molecule has 3 atom stereocenters. The molecule has 2 rings (SSSR count). The molecule has 1 fully saturated rings. The van der Waals surface area contributed by atoms with Crippen LogP contribution >= 0.6 is 11.6 Å². The van der Waals surface area contributed by atoms with E-state index in [1.54, 1.807) is 0 Å². The predicted octanol–water partition coefficient (Wildman–Crippen LogP) is 2.72. The van der Waals surface area contributed by atoms with E-state index < -0.39 is 6.10 Å². The monoisotopic (exact) mass is 240 g/mol. The lowest BCUT2D eigenvalue weighted by Gasteiger charge is -2.31. The number of aliphatic hydroxyl groups excluding tert-OH is 1. The van der Waals surface area contributed by atoms with E-state index in [2.05, 4.69) is 0 Å². The minimum Gasteiger partial charge on any atom is -0.389 e. The van der Waals surface area contributed by atoms with E-state index in [0.717, 1.165) is 24.8 Å². The third-order valence-corrected chi connectivity index (χ3v) is 3.50. The molecule has 0 bridgehead atoms. The van der Waals surface area contributed by atoms with Crippen molar-refractivity contribution >= 4 is 11.6 Å². The Hall–Kier alpha value is -0.570. The fraction of sp³-hybridized carbons (Fsp3) is 0.538. The molecule has 3 heteroatoms. The molecule has 0 aliphatic heterocycles. The number of hydrogen-bond donors (Lipinski definition) is 1. The second-order valence-corrected chi connectivity index (χ2v) is 4.83. The SMILES string of the molecule is O[C@@H]1[C@H](Cl)CCC[C@@H]1OCc1ccccc1. The first kappa shape index (κ1) is 11.9. The zero-order valence-corrected chi connectivity index (χ0v) is 9.94. The molecule has 0 radical (unpaired) electrons. The van der Waals surface area contributed by atoms with Gasteiger partial charge < -0.3 is 9.84 Å². The van der Waals surface area contributed by atoms with Gasteiger partial charge in [-0.1, -0.05) is 30.3 Å².